The molecule has 4 aromatic heterocycles. The number of aromatic nitrogens is 5. The van der Waals surface area contributed by atoms with Crippen LogP contribution in [-0.4, -0.2) is 24.1 Å². The van der Waals surface area contributed by atoms with E-state index in [9.17, 15) is 0 Å². The van der Waals surface area contributed by atoms with E-state index in [1.807, 2.05) is 24.4 Å². The lowest BCUT2D eigenvalue weighted by atomic mass is 10.1. The Morgan fingerprint density at radius 1 is 0.469 bits per heavy atom. The van der Waals surface area contributed by atoms with E-state index < -0.39 is 0 Å². The van der Waals surface area contributed by atoms with Gasteiger partial charge in [0, 0.05) is 33.9 Å². The molecule has 0 aliphatic carbocycles. The lowest BCUT2D eigenvalue weighted by molar-refractivity contribution is 1.03. The fourth-order valence-electron chi connectivity index (χ4n) is 4.88. The van der Waals surface area contributed by atoms with Crippen LogP contribution in [-0.2, 0) is 0 Å². The minimum atomic E-state index is 0.844. The van der Waals surface area contributed by atoms with Crippen LogP contribution >= 0.6 is 0 Å². The molecule has 3 aromatic carbocycles. The van der Waals surface area contributed by atoms with Crippen molar-refractivity contribution >= 4 is 43.6 Å². The monoisotopic (exact) mass is 411 g/mol. The summed E-state index contributed by atoms with van der Waals surface area (Å²) in [4.78, 5) is 13.5. The van der Waals surface area contributed by atoms with E-state index in [1.165, 1.54) is 21.5 Å². The van der Waals surface area contributed by atoms with Gasteiger partial charge in [0.2, 0.25) is 0 Å². The standard InChI is InChI=1S/C27H17N5/c1-3-9-22-18(7-1)20-12-13-21-19-8-2-4-10-23(19)32(25-14-16-28-17-30-25)27(21)26(20)31(22)24-11-5-6-15-29-24/h1-17H. The molecular weight excluding hydrogens is 394 g/mol. The van der Waals surface area contributed by atoms with Gasteiger partial charge in [0.15, 0.2) is 0 Å². The number of para-hydroxylation sites is 2. The van der Waals surface area contributed by atoms with E-state index in [-0.39, 0.29) is 0 Å². The molecule has 7 rings (SSSR count). The third-order valence-electron chi connectivity index (χ3n) is 6.14. The fraction of sp³-hybridized carbons (Fsp3) is 0. The highest BCUT2D eigenvalue weighted by Crippen LogP contribution is 2.40. The number of hydrogen-bond donors (Lipinski definition) is 0. The van der Waals surface area contributed by atoms with Crippen molar-refractivity contribution in [3.63, 3.8) is 0 Å². The maximum atomic E-state index is 4.71. The second kappa shape index (κ2) is 6.49. The smallest absolute Gasteiger partial charge is 0.141 e. The minimum Gasteiger partial charge on any atom is -0.292 e. The van der Waals surface area contributed by atoms with Gasteiger partial charge in [-0.25, -0.2) is 15.0 Å². The molecule has 0 aliphatic heterocycles. The Morgan fingerprint density at radius 3 is 1.62 bits per heavy atom. The molecule has 0 spiro atoms. The lowest BCUT2D eigenvalue weighted by Crippen LogP contribution is -2.01. The first-order valence-electron chi connectivity index (χ1n) is 10.5. The van der Waals surface area contributed by atoms with Crippen molar-refractivity contribution < 1.29 is 0 Å². The lowest BCUT2D eigenvalue weighted by Gasteiger charge is -2.10. The molecule has 5 heteroatoms. The summed E-state index contributed by atoms with van der Waals surface area (Å²) in [5.41, 5.74) is 4.49. The van der Waals surface area contributed by atoms with Crippen molar-refractivity contribution in [2.75, 3.05) is 0 Å². The van der Waals surface area contributed by atoms with Crippen molar-refractivity contribution in [1.29, 1.82) is 0 Å². The molecule has 7 aromatic rings. The van der Waals surface area contributed by atoms with Crippen LogP contribution in [0, 0.1) is 0 Å². The number of fused-ring (bicyclic) bond motifs is 7. The van der Waals surface area contributed by atoms with Crippen molar-refractivity contribution in [3.05, 3.63) is 104 Å². The molecule has 0 N–H and O–H groups in total. The SMILES string of the molecule is c1ccc(-n2c3ccccc3c3ccc4c5ccccc5n(-c5ccncn5)c4c32)nc1. The Kier molecular flexibility index (Phi) is 3.49. The highest BCUT2D eigenvalue weighted by molar-refractivity contribution is 6.23. The van der Waals surface area contributed by atoms with Gasteiger partial charge >= 0.3 is 0 Å². The predicted octanol–water partition coefficient (Wildman–Crippen LogP) is 6.07. The summed E-state index contributed by atoms with van der Waals surface area (Å²) in [6.45, 7) is 0. The van der Waals surface area contributed by atoms with Gasteiger partial charge in [-0.05, 0) is 30.3 Å². The Hall–Kier alpha value is -4.51. The van der Waals surface area contributed by atoms with Crippen LogP contribution in [0.3, 0.4) is 0 Å². The average molecular weight is 411 g/mol. The van der Waals surface area contributed by atoms with Crippen LogP contribution in [0.1, 0.15) is 0 Å². The molecule has 0 unspecified atom stereocenters. The van der Waals surface area contributed by atoms with Gasteiger partial charge in [0.25, 0.3) is 0 Å². The van der Waals surface area contributed by atoms with Gasteiger partial charge in [-0.15, -0.1) is 0 Å². The molecule has 0 amide bonds. The first-order valence-corrected chi connectivity index (χ1v) is 10.5. The third kappa shape index (κ3) is 2.25. The molecule has 0 atom stereocenters. The number of rotatable bonds is 2. The van der Waals surface area contributed by atoms with Gasteiger partial charge < -0.3 is 0 Å². The van der Waals surface area contributed by atoms with Crippen LogP contribution in [0.5, 0.6) is 0 Å². The molecule has 0 saturated carbocycles. The first kappa shape index (κ1) is 17.2. The zero-order valence-electron chi connectivity index (χ0n) is 17.1. The first-order chi connectivity index (χ1) is 15.9. The van der Waals surface area contributed by atoms with E-state index >= 15 is 0 Å². The zero-order chi connectivity index (χ0) is 21.1. The molecule has 0 bridgehead atoms. The molecule has 0 aliphatic rings. The van der Waals surface area contributed by atoms with Crippen LogP contribution in [0.4, 0.5) is 0 Å². The van der Waals surface area contributed by atoms with Gasteiger partial charge in [0.05, 0.1) is 22.1 Å². The Bertz CT molecular complexity index is 1630. The fourth-order valence-corrected chi connectivity index (χ4v) is 4.88. The van der Waals surface area contributed by atoms with E-state index in [0.717, 1.165) is 33.7 Å². The van der Waals surface area contributed by atoms with Gasteiger partial charge in [0.1, 0.15) is 18.0 Å². The molecule has 5 nitrogen and oxygen atoms in total. The van der Waals surface area contributed by atoms with Crippen molar-refractivity contribution in [3.8, 4) is 11.6 Å². The molecule has 0 fully saturated rings. The quantitative estimate of drug-likeness (QED) is 0.347. The van der Waals surface area contributed by atoms with E-state index in [1.54, 1.807) is 12.5 Å². The summed E-state index contributed by atoms with van der Waals surface area (Å²) in [6, 6.07) is 29.5. The Morgan fingerprint density at radius 2 is 1.06 bits per heavy atom. The highest BCUT2D eigenvalue weighted by Gasteiger charge is 2.21. The van der Waals surface area contributed by atoms with Crippen LogP contribution < -0.4 is 0 Å². The normalized spacial score (nSPS) is 11.8. The van der Waals surface area contributed by atoms with Crippen LogP contribution in [0.2, 0.25) is 0 Å². The van der Waals surface area contributed by atoms with Crippen LogP contribution in [0.15, 0.2) is 104 Å². The third-order valence-corrected chi connectivity index (χ3v) is 6.14. The summed E-state index contributed by atoms with van der Waals surface area (Å²) in [7, 11) is 0. The maximum absolute atomic E-state index is 4.71. The van der Waals surface area contributed by atoms with Crippen LogP contribution in [0.25, 0.3) is 55.2 Å². The zero-order valence-corrected chi connectivity index (χ0v) is 17.1. The molecule has 0 radical (unpaired) electrons. The Labute approximate surface area is 183 Å². The molecule has 32 heavy (non-hydrogen) atoms. The summed E-state index contributed by atoms with van der Waals surface area (Å²) in [6.07, 6.45) is 5.23. The second-order valence-corrected chi connectivity index (χ2v) is 7.82. The number of hydrogen-bond acceptors (Lipinski definition) is 3. The van der Waals surface area contributed by atoms with E-state index in [4.69, 9.17) is 4.98 Å². The molecular formula is C27H17N5. The topological polar surface area (TPSA) is 48.5 Å². The summed E-state index contributed by atoms with van der Waals surface area (Å²) in [5.74, 6) is 1.74. The summed E-state index contributed by atoms with van der Waals surface area (Å²) in [5, 5.41) is 4.78. The second-order valence-electron chi connectivity index (χ2n) is 7.82. The van der Waals surface area contributed by atoms with Crippen molar-refractivity contribution in [2.24, 2.45) is 0 Å². The number of benzene rings is 3. The largest absolute Gasteiger partial charge is 0.292 e. The number of pyridine rings is 1. The molecule has 4 heterocycles. The van der Waals surface area contributed by atoms with Gasteiger partial charge in [-0.3, -0.25) is 9.13 Å². The average Bonchev–Trinajstić information content (AvgIpc) is 3.38. The molecule has 150 valence electrons. The van der Waals surface area contributed by atoms with E-state index in [0.29, 0.717) is 0 Å². The predicted molar refractivity (Wildman–Crippen MR) is 129 cm³/mol. The maximum Gasteiger partial charge on any atom is 0.141 e. The number of nitrogens with zero attached hydrogens (tertiary/aromatic N) is 5. The minimum absolute atomic E-state index is 0.844. The van der Waals surface area contributed by atoms with Gasteiger partial charge in [-0.2, -0.15) is 0 Å². The summed E-state index contributed by atoms with van der Waals surface area (Å²) < 4.78 is 4.51. The van der Waals surface area contributed by atoms with Crippen molar-refractivity contribution in [2.45, 2.75) is 0 Å². The highest BCUT2D eigenvalue weighted by atomic mass is 15.1. The van der Waals surface area contributed by atoms with E-state index in [2.05, 4.69) is 85.8 Å². The van der Waals surface area contributed by atoms with Crippen molar-refractivity contribution in [1.82, 2.24) is 24.1 Å². The molecule has 0 saturated heterocycles. The summed E-state index contributed by atoms with van der Waals surface area (Å²) >= 11 is 0. The Balaban J connectivity index is 1.81. The van der Waals surface area contributed by atoms with Gasteiger partial charge in [-0.1, -0.05) is 54.6 Å².